The summed E-state index contributed by atoms with van der Waals surface area (Å²) < 4.78 is 16.1. The number of Topliss-reactive ketones (excluding diaryl/α,β-unsaturated/α-hetero) is 1. The summed E-state index contributed by atoms with van der Waals surface area (Å²) in [6.45, 7) is 1.86. The summed E-state index contributed by atoms with van der Waals surface area (Å²) in [5.74, 6) is -0.238. The SMILES string of the molecule is COC(=O)C1C(C)=NC2=C(C(=O)C[C@H](c3ccc(OC)c(OC)c3)C2)[C@H]1c1cccc2ccccc12. The largest absolute Gasteiger partial charge is 0.493 e. The van der Waals surface area contributed by atoms with Crippen molar-refractivity contribution in [3.05, 3.63) is 83.1 Å². The first kappa shape index (κ1) is 23.8. The van der Waals surface area contributed by atoms with Crippen molar-refractivity contribution >= 4 is 28.2 Å². The molecule has 0 aromatic heterocycles. The predicted octanol–water partition coefficient (Wildman–Crippen LogP) is 5.61. The molecule has 3 aromatic rings. The van der Waals surface area contributed by atoms with Gasteiger partial charge in [-0.1, -0.05) is 48.5 Å². The second-order valence-corrected chi connectivity index (χ2v) is 9.30. The molecule has 1 aliphatic heterocycles. The zero-order valence-electron chi connectivity index (χ0n) is 20.9. The van der Waals surface area contributed by atoms with Crippen LogP contribution in [0.4, 0.5) is 0 Å². The summed E-state index contributed by atoms with van der Waals surface area (Å²) in [4.78, 5) is 31.7. The van der Waals surface area contributed by atoms with Crippen LogP contribution in [0.3, 0.4) is 0 Å². The maximum atomic E-state index is 13.8. The Labute approximate surface area is 210 Å². The molecule has 1 heterocycles. The predicted molar refractivity (Wildman–Crippen MR) is 139 cm³/mol. The van der Waals surface area contributed by atoms with Gasteiger partial charge in [-0.2, -0.15) is 0 Å². The van der Waals surface area contributed by atoms with Crippen LogP contribution >= 0.6 is 0 Å². The number of benzene rings is 3. The number of hydrogen-bond acceptors (Lipinski definition) is 6. The molecule has 0 spiro atoms. The molecule has 6 heteroatoms. The topological polar surface area (TPSA) is 74.2 Å². The fraction of sp³-hybridized carbons (Fsp3) is 0.300. The van der Waals surface area contributed by atoms with E-state index in [-0.39, 0.29) is 17.7 Å². The zero-order chi connectivity index (χ0) is 25.4. The van der Waals surface area contributed by atoms with E-state index in [1.54, 1.807) is 14.2 Å². The minimum absolute atomic E-state index is 0.0131. The molecule has 0 N–H and O–H groups in total. The van der Waals surface area contributed by atoms with Crippen molar-refractivity contribution in [1.29, 1.82) is 0 Å². The Kier molecular flexibility index (Phi) is 6.35. The van der Waals surface area contributed by atoms with Crippen LogP contribution < -0.4 is 9.47 Å². The summed E-state index contributed by atoms with van der Waals surface area (Å²) in [7, 11) is 4.59. The van der Waals surface area contributed by atoms with Crippen LogP contribution in [0, 0.1) is 5.92 Å². The molecule has 5 rings (SSSR count). The van der Waals surface area contributed by atoms with Crippen LogP contribution in [0.1, 0.15) is 42.7 Å². The Morgan fingerprint density at radius 1 is 0.917 bits per heavy atom. The average molecular weight is 484 g/mol. The van der Waals surface area contributed by atoms with Crippen molar-refractivity contribution in [2.75, 3.05) is 21.3 Å². The van der Waals surface area contributed by atoms with Gasteiger partial charge in [-0.25, -0.2) is 0 Å². The Morgan fingerprint density at radius 3 is 2.42 bits per heavy atom. The van der Waals surface area contributed by atoms with E-state index in [0.717, 1.165) is 27.6 Å². The third-order valence-corrected chi connectivity index (χ3v) is 7.38. The number of hydrogen-bond donors (Lipinski definition) is 0. The van der Waals surface area contributed by atoms with Gasteiger partial charge in [0.05, 0.1) is 21.3 Å². The van der Waals surface area contributed by atoms with Gasteiger partial charge in [-0.3, -0.25) is 14.6 Å². The van der Waals surface area contributed by atoms with Gasteiger partial charge in [0.1, 0.15) is 5.92 Å². The molecule has 0 amide bonds. The Hall–Kier alpha value is -3.93. The standard InChI is InChI=1S/C30H29NO5/c1-17-27(30(33)36-4)28(22-11-7-9-18-8-5-6-10-21(18)22)29-23(31-17)14-20(15-24(29)32)19-12-13-25(34-2)26(16-19)35-3/h5-13,16,20,27-28H,14-15H2,1-4H3/t20-,27?,28+/m1/s1. The van der Waals surface area contributed by atoms with Gasteiger partial charge in [0, 0.05) is 29.3 Å². The van der Waals surface area contributed by atoms with E-state index in [1.165, 1.54) is 7.11 Å². The van der Waals surface area contributed by atoms with Gasteiger partial charge in [-0.05, 0) is 53.3 Å². The van der Waals surface area contributed by atoms with E-state index < -0.39 is 11.8 Å². The van der Waals surface area contributed by atoms with Crippen molar-refractivity contribution in [3.63, 3.8) is 0 Å². The highest BCUT2D eigenvalue weighted by molar-refractivity contribution is 6.10. The molecule has 3 aromatic carbocycles. The van der Waals surface area contributed by atoms with Crippen LogP contribution in [-0.4, -0.2) is 38.8 Å². The number of carbonyl (C=O) groups excluding carboxylic acids is 2. The number of methoxy groups -OCH3 is 3. The fourth-order valence-electron chi connectivity index (χ4n) is 5.69. The van der Waals surface area contributed by atoms with Crippen molar-refractivity contribution in [1.82, 2.24) is 0 Å². The fourth-order valence-corrected chi connectivity index (χ4v) is 5.69. The third-order valence-electron chi connectivity index (χ3n) is 7.38. The summed E-state index contributed by atoms with van der Waals surface area (Å²) in [5, 5.41) is 2.09. The lowest BCUT2D eigenvalue weighted by atomic mass is 9.68. The lowest BCUT2D eigenvalue weighted by Gasteiger charge is -2.36. The van der Waals surface area contributed by atoms with Gasteiger partial charge in [0.2, 0.25) is 0 Å². The molecule has 1 unspecified atom stereocenters. The first-order valence-electron chi connectivity index (χ1n) is 12.1. The molecule has 0 fully saturated rings. The number of aliphatic imine (C=N–C) groups is 1. The van der Waals surface area contributed by atoms with Gasteiger partial charge in [0.15, 0.2) is 17.3 Å². The van der Waals surface area contributed by atoms with Crippen LogP contribution in [0.2, 0.25) is 0 Å². The molecule has 2 aliphatic rings. The van der Waals surface area contributed by atoms with Gasteiger partial charge in [-0.15, -0.1) is 0 Å². The van der Waals surface area contributed by atoms with Gasteiger partial charge < -0.3 is 14.2 Å². The minimum Gasteiger partial charge on any atom is -0.493 e. The highest BCUT2D eigenvalue weighted by Crippen LogP contribution is 2.48. The molecular weight excluding hydrogens is 454 g/mol. The van der Waals surface area contributed by atoms with E-state index in [4.69, 9.17) is 19.2 Å². The normalized spacial score (nSPS) is 21.6. The van der Waals surface area contributed by atoms with Crippen molar-refractivity contribution in [2.24, 2.45) is 10.9 Å². The summed E-state index contributed by atoms with van der Waals surface area (Å²) in [6, 6.07) is 19.9. The quantitative estimate of drug-likeness (QED) is 0.441. The molecule has 0 radical (unpaired) electrons. The number of carbonyl (C=O) groups is 2. The molecule has 0 saturated heterocycles. The molecule has 6 nitrogen and oxygen atoms in total. The van der Waals surface area contributed by atoms with Crippen molar-refractivity contribution in [3.8, 4) is 11.5 Å². The number of esters is 1. The van der Waals surface area contributed by atoms with Crippen LogP contribution in [0.25, 0.3) is 10.8 Å². The molecule has 184 valence electrons. The number of fused-ring (bicyclic) bond motifs is 1. The Bertz CT molecular complexity index is 1410. The maximum Gasteiger partial charge on any atom is 0.315 e. The monoisotopic (exact) mass is 483 g/mol. The molecular formula is C30H29NO5. The molecule has 36 heavy (non-hydrogen) atoms. The van der Waals surface area contributed by atoms with Crippen molar-refractivity contribution < 1.29 is 23.8 Å². The number of nitrogens with zero attached hydrogens (tertiary/aromatic N) is 1. The number of ketones is 1. The second kappa shape index (κ2) is 9.61. The van der Waals surface area contributed by atoms with E-state index in [2.05, 4.69) is 0 Å². The smallest absolute Gasteiger partial charge is 0.315 e. The summed E-state index contributed by atoms with van der Waals surface area (Å²) >= 11 is 0. The summed E-state index contributed by atoms with van der Waals surface area (Å²) in [5.41, 5.74) is 3.99. The summed E-state index contributed by atoms with van der Waals surface area (Å²) in [6.07, 6.45) is 0.932. The highest BCUT2D eigenvalue weighted by atomic mass is 16.5. The van der Waals surface area contributed by atoms with E-state index in [0.29, 0.717) is 35.6 Å². The van der Waals surface area contributed by atoms with Crippen LogP contribution in [0.5, 0.6) is 11.5 Å². The zero-order valence-corrected chi connectivity index (χ0v) is 20.9. The van der Waals surface area contributed by atoms with E-state index in [1.807, 2.05) is 67.6 Å². The lowest BCUT2D eigenvalue weighted by Crippen LogP contribution is -2.37. The van der Waals surface area contributed by atoms with Crippen LogP contribution in [0.15, 0.2) is 76.9 Å². The number of allylic oxidation sites excluding steroid dienone is 2. The number of ether oxygens (including phenoxy) is 3. The van der Waals surface area contributed by atoms with E-state index >= 15 is 0 Å². The van der Waals surface area contributed by atoms with Gasteiger partial charge >= 0.3 is 5.97 Å². The minimum atomic E-state index is -0.652. The molecule has 0 bridgehead atoms. The van der Waals surface area contributed by atoms with Gasteiger partial charge in [0.25, 0.3) is 0 Å². The third kappa shape index (κ3) is 3.96. The average Bonchev–Trinajstić information content (AvgIpc) is 2.91. The highest BCUT2D eigenvalue weighted by Gasteiger charge is 2.45. The first-order valence-corrected chi connectivity index (χ1v) is 12.1. The Morgan fingerprint density at radius 2 is 1.67 bits per heavy atom. The van der Waals surface area contributed by atoms with Crippen LogP contribution in [-0.2, 0) is 14.3 Å². The number of rotatable bonds is 5. The van der Waals surface area contributed by atoms with E-state index in [9.17, 15) is 9.59 Å². The molecule has 0 saturated carbocycles. The maximum absolute atomic E-state index is 13.8. The Balaban J connectivity index is 1.64. The van der Waals surface area contributed by atoms with Crippen molar-refractivity contribution in [2.45, 2.75) is 31.6 Å². The molecule has 1 aliphatic carbocycles. The lowest BCUT2D eigenvalue weighted by molar-refractivity contribution is -0.143. The first-order chi connectivity index (χ1) is 17.5. The second-order valence-electron chi connectivity index (χ2n) is 9.30. The molecule has 3 atom stereocenters.